The number of benzene rings is 1. The number of aromatic nitrogens is 1. The van der Waals surface area contributed by atoms with Crippen LogP contribution in [0.3, 0.4) is 0 Å². The van der Waals surface area contributed by atoms with Crippen LogP contribution >= 0.6 is 0 Å². The van der Waals surface area contributed by atoms with Crippen LogP contribution in [0.5, 0.6) is 5.75 Å². The Labute approximate surface area is 119 Å². The molecular formula is C17H22N2O. The van der Waals surface area contributed by atoms with E-state index < -0.39 is 0 Å². The van der Waals surface area contributed by atoms with Crippen molar-refractivity contribution in [2.45, 2.75) is 38.1 Å². The van der Waals surface area contributed by atoms with Crippen molar-refractivity contribution in [2.75, 3.05) is 20.2 Å². The molecule has 0 radical (unpaired) electrons. The summed E-state index contributed by atoms with van der Waals surface area (Å²) in [7, 11) is 1.74. The monoisotopic (exact) mass is 270 g/mol. The Morgan fingerprint density at radius 2 is 2.20 bits per heavy atom. The molecule has 3 heteroatoms. The van der Waals surface area contributed by atoms with Crippen molar-refractivity contribution in [3.05, 3.63) is 29.5 Å². The Bertz CT molecular complexity index is 631. The first-order valence-corrected chi connectivity index (χ1v) is 7.76. The van der Waals surface area contributed by atoms with Crippen LogP contribution in [0, 0.1) is 0 Å². The van der Waals surface area contributed by atoms with Crippen LogP contribution in [-0.2, 0) is 12.8 Å². The van der Waals surface area contributed by atoms with Gasteiger partial charge >= 0.3 is 0 Å². The highest BCUT2D eigenvalue weighted by molar-refractivity contribution is 5.86. The predicted molar refractivity (Wildman–Crippen MR) is 81.5 cm³/mol. The number of nitrogens with one attached hydrogen (secondary N) is 1. The standard InChI is InChI=1S/C17H22N2O/c1-20-13-5-6-16-15(11-13)14-7-9-19-8-3-2-4-12(19)10-17(14)18-16/h5-6,11-12,18H,2-4,7-10H2,1H3/t12-/m0/s1. The lowest BCUT2D eigenvalue weighted by molar-refractivity contribution is 0.154. The smallest absolute Gasteiger partial charge is 0.119 e. The molecule has 1 saturated heterocycles. The minimum atomic E-state index is 0.750. The van der Waals surface area contributed by atoms with Crippen molar-refractivity contribution in [3.63, 3.8) is 0 Å². The topological polar surface area (TPSA) is 28.3 Å². The number of methoxy groups -OCH3 is 1. The van der Waals surface area contributed by atoms with E-state index in [-0.39, 0.29) is 0 Å². The fourth-order valence-corrected chi connectivity index (χ4v) is 3.95. The largest absolute Gasteiger partial charge is 0.497 e. The molecule has 0 aliphatic carbocycles. The van der Waals surface area contributed by atoms with E-state index in [1.165, 1.54) is 67.4 Å². The molecule has 2 aliphatic heterocycles. The number of fused-ring (bicyclic) bond motifs is 4. The van der Waals surface area contributed by atoms with Gasteiger partial charge < -0.3 is 9.72 Å². The molecule has 20 heavy (non-hydrogen) atoms. The molecule has 4 rings (SSSR count). The van der Waals surface area contributed by atoms with E-state index in [1.54, 1.807) is 7.11 Å². The van der Waals surface area contributed by atoms with Gasteiger partial charge in [0, 0.05) is 35.6 Å². The van der Waals surface area contributed by atoms with E-state index in [4.69, 9.17) is 4.74 Å². The number of nitrogens with zero attached hydrogens (tertiary/aromatic N) is 1. The highest BCUT2D eigenvalue weighted by atomic mass is 16.5. The number of rotatable bonds is 1. The normalized spacial score (nSPS) is 23.1. The van der Waals surface area contributed by atoms with Gasteiger partial charge in [0.2, 0.25) is 0 Å². The molecule has 0 saturated carbocycles. The zero-order valence-electron chi connectivity index (χ0n) is 12.1. The SMILES string of the molecule is COc1ccc2[nH]c3c(c2c1)CCN1CCCC[C@H]1C3. The van der Waals surface area contributed by atoms with Crippen molar-refractivity contribution in [2.24, 2.45) is 0 Å². The summed E-state index contributed by atoms with van der Waals surface area (Å²) in [6.07, 6.45) is 6.48. The number of ether oxygens (including phenoxy) is 1. The van der Waals surface area contributed by atoms with Crippen LogP contribution in [0.15, 0.2) is 18.2 Å². The van der Waals surface area contributed by atoms with Crippen LogP contribution in [-0.4, -0.2) is 36.1 Å². The molecule has 1 fully saturated rings. The molecular weight excluding hydrogens is 248 g/mol. The highest BCUT2D eigenvalue weighted by Crippen LogP contribution is 2.32. The molecule has 106 valence electrons. The van der Waals surface area contributed by atoms with Crippen LogP contribution in [0.1, 0.15) is 30.5 Å². The van der Waals surface area contributed by atoms with Gasteiger partial charge in [0.1, 0.15) is 5.75 Å². The first kappa shape index (κ1) is 12.3. The summed E-state index contributed by atoms with van der Waals surface area (Å²) >= 11 is 0. The van der Waals surface area contributed by atoms with Crippen LogP contribution in [0.2, 0.25) is 0 Å². The molecule has 3 heterocycles. The molecule has 0 unspecified atom stereocenters. The van der Waals surface area contributed by atoms with Crippen molar-refractivity contribution in [3.8, 4) is 5.75 Å². The highest BCUT2D eigenvalue weighted by Gasteiger charge is 2.27. The maximum absolute atomic E-state index is 5.38. The molecule has 3 nitrogen and oxygen atoms in total. The fraction of sp³-hybridized carbons (Fsp3) is 0.529. The van der Waals surface area contributed by atoms with Gasteiger partial charge in [-0.05, 0) is 49.6 Å². The van der Waals surface area contributed by atoms with Gasteiger partial charge in [-0.1, -0.05) is 6.42 Å². The molecule has 2 aromatic rings. The zero-order chi connectivity index (χ0) is 13.5. The maximum Gasteiger partial charge on any atom is 0.119 e. The second-order valence-electron chi connectivity index (χ2n) is 6.13. The molecule has 1 aromatic carbocycles. The molecule has 1 atom stereocenters. The van der Waals surface area contributed by atoms with Gasteiger partial charge in [-0.2, -0.15) is 0 Å². The van der Waals surface area contributed by atoms with Gasteiger partial charge in [-0.15, -0.1) is 0 Å². The first-order valence-electron chi connectivity index (χ1n) is 7.76. The van der Waals surface area contributed by atoms with Gasteiger partial charge in [0.15, 0.2) is 0 Å². The predicted octanol–water partition coefficient (Wildman–Crippen LogP) is 3.13. The van der Waals surface area contributed by atoms with E-state index in [0.717, 1.165) is 11.8 Å². The quantitative estimate of drug-likeness (QED) is 0.862. The summed E-state index contributed by atoms with van der Waals surface area (Å²) in [6, 6.07) is 7.14. The average Bonchev–Trinajstić information content (AvgIpc) is 2.71. The van der Waals surface area contributed by atoms with Crippen LogP contribution < -0.4 is 4.74 Å². The van der Waals surface area contributed by atoms with Crippen molar-refractivity contribution in [1.29, 1.82) is 0 Å². The second kappa shape index (κ2) is 4.81. The Hall–Kier alpha value is -1.48. The summed E-state index contributed by atoms with van der Waals surface area (Å²) in [5, 5.41) is 1.36. The van der Waals surface area contributed by atoms with Crippen molar-refractivity contribution >= 4 is 10.9 Å². The molecule has 1 aromatic heterocycles. The number of hydrogen-bond donors (Lipinski definition) is 1. The summed E-state index contributed by atoms with van der Waals surface area (Å²) in [5.74, 6) is 0.960. The Balaban J connectivity index is 1.77. The molecule has 0 spiro atoms. The lowest BCUT2D eigenvalue weighted by atomic mass is 9.98. The number of hydrogen-bond acceptors (Lipinski definition) is 2. The second-order valence-corrected chi connectivity index (χ2v) is 6.13. The van der Waals surface area contributed by atoms with Crippen molar-refractivity contribution in [1.82, 2.24) is 9.88 Å². The summed E-state index contributed by atoms with van der Waals surface area (Å²) in [5.41, 5.74) is 4.25. The summed E-state index contributed by atoms with van der Waals surface area (Å²) in [6.45, 7) is 2.50. The van der Waals surface area contributed by atoms with Crippen LogP contribution in [0.4, 0.5) is 0 Å². The van der Waals surface area contributed by atoms with Gasteiger partial charge in [0.25, 0.3) is 0 Å². The van der Waals surface area contributed by atoms with E-state index in [0.29, 0.717) is 0 Å². The minimum Gasteiger partial charge on any atom is -0.497 e. The van der Waals surface area contributed by atoms with Crippen molar-refractivity contribution < 1.29 is 4.74 Å². The molecule has 1 N–H and O–H groups in total. The number of H-pyrrole nitrogens is 1. The van der Waals surface area contributed by atoms with Gasteiger partial charge in [-0.25, -0.2) is 0 Å². The summed E-state index contributed by atoms with van der Waals surface area (Å²) in [4.78, 5) is 6.36. The molecule has 0 bridgehead atoms. The van der Waals surface area contributed by atoms with E-state index in [9.17, 15) is 0 Å². The third kappa shape index (κ3) is 1.92. The summed E-state index contributed by atoms with van der Waals surface area (Å²) < 4.78 is 5.38. The Kier molecular flexibility index (Phi) is 2.95. The molecule has 2 aliphatic rings. The third-order valence-corrected chi connectivity index (χ3v) is 5.04. The van der Waals surface area contributed by atoms with E-state index in [1.807, 2.05) is 6.07 Å². The average molecular weight is 270 g/mol. The van der Waals surface area contributed by atoms with Crippen LogP contribution in [0.25, 0.3) is 10.9 Å². The lowest BCUT2D eigenvalue weighted by Gasteiger charge is -2.34. The maximum atomic E-state index is 5.38. The molecule has 0 amide bonds. The third-order valence-electron chi connectivity index (χ3n) is 5.04. The van der Waals surface area contributed by atoms with Gasteiger partial charge in [-0.3, -0.25) is 4.90 Å². The number of aromatic amines is 1. The number of piperidine rings is 1. The van der Waals surface area contributed by atoms with E-state index in [2.05, 4.69) is 22.0 Å². The van der Waals surface area contributed by atoms with E-state index >= 15 is 0 Å². The Morgan fingerprint density at radius 1 is 1.25 bits per heavy atom. The Morgan fingerprint density at radius 3 is 3.10 bits per heavy atom. The van der Waals surface area contributed by atoms with Gasteiger partial charge in [0.05, 0.1) is 7.11 Å². The minimum absolute atomic E-state index is 0.750. The lowest BCUT2D eigenvalue weighted by Crippen LogP contribution is -2.40. The fourth-order valence-electron chi connectivity index (χ4n) is 3.95. The zero-order valence-corrected chi connectivity index (χ0v) is 12.1. The first-order chi connectivity index (χ1) is 9.85.